The molecule has 2 nitrogen and oxygen atoms in total. The van der Waals surface area contributed by atoms with Crippen LogP contribution in [0.4, 0.5) is 0 Å². The second kappa shape index (κ2) is 6.73. The second-order valence-electron chi connectivity index (χ2n) is 9.45. The van der Waals surface area contributed by atoms with Crippen LogP contribution in [0, 0.1) is 0 Å². The molecule has 0 aliphatic heterocycles. The lowest BCUT2D eigenvalue weighted by molar-refractivity contribution is 0.596. The number of aryl methyl sites for hydroxylation is 2. The summed E-state index contributed by atoms with van der Waals surface area (Å²) in [5.41, 5.74) is 8.84. The van der Waals surface area contributed by atoms with E-state index in [9.17, 15) is 0 Å². The molecule has 0 saturated heterocycles. The Morgan fingerprint density at radius 3 is 2.55 bits per heavy atom. The number of hydrogen-bond acceptors (Lipinski definition) is 3. The molecular formula is C28H24N2S. The second-order valence-corrected chi connectivity index (χ2v) is 10.6. The van der Waals surface area contributed by atoms with Crippen molar-refractivity contribution in [3.05, 3.63) is 83.0 Å². The van der Waals surface area contributed by atoms with Crippen LogP contribution in [0.1, 0.15) is 36.8 Å². The van der Waals surface area contributed by atoms with Crippen molar-refractivity contribution in [2.24, 2.45) is 0 Å². The molecule has 0 unspecified atom stereocenters. The number of hydrogen-bond donors (Lipinski definition) is 0. The topological polar surface area (TPSA) is 25.8 Å². The number of aromatic nitrogens is 2. The largest absolute Gasteiger partial charge is 0.235 e. The van der Waals surface area contributed by atoms with Crippen LogP contribution in [-0.2, 0) is 18.3 Å². The molecule has 0 N–H and O–H groups in total. The van der Waals surface area contributed by atoms with Gasteiger partial charge in [0.05, 0.1) is 15.9 Å². The van der Waals surface area contributed by atoms with Gasteiger partial charge >= 0.3 is 0 Å². The molecule has 6 rings (SSSR count). The lowest BCUT2D eigenvalue weighted by atomic mass is 9.82. The average Bonchev–Trinajstić information content (AvgIpc) is 3.17. The predicted molar refractivity (Wildman–Crippen MR) is 132 cm³/mol. The van der Waals surface area contributed by atoms with E-state index in [0.717, 1.165) is 24.1 Å². The molecular weight excluding hydrogens is 396 g/mol. The van der Waals surface area contributed by atoms with Gasteiger partial charge in [0.25, 0.3) is 0 Å². The fraction of sp³-hybridized carbons (Fsp3) is 0.214. The van der Waals surface area contributed by atoms with E-state index in [1.165, 1.54) is 48.2 Å². The molecule has 1 aliphatic carbocycles. The van der Waals surface area contributed by atoms with Gasteiger partial charge in [-0.25, -0.2) is 9.97 Å². The number of nitrogens with zero attached hydrogens (tertiary/aromatic N) is 2. The Bertz CT molecular complexity index is 1470. The van der Waals surface area contributed by atoms with E-state index in [-0.39, 0.29) is 5.41 Å². The molecule has 0 spiro atoms. The minimum atomic E-state index is 0.0510. The number of rotatable bonds is 1. The van der Waals surface area contributed by atoms with Crippen molar-refractivity contribution in [1.82, 2.24) is 9.97 Å². The summed E-state index contributed by atoms with van der Waals surface area (Å²) in [5.74, 6) is 0. The summed E-state index contributed by atoms with van der Waals surface area (Å²) in [6.45, 7) is 6.86. The Morgan fingerprint density at radius 2 is 1.68 bits per heavy atom. The third-order valence-corrected chi connectivity index (χ3v) is 7.64. The Labute approximate surface area is 186 Å². The summed E-state index contributed by atoms with van der Waals surface area (Å²) in [5, 5.41) is 2.59. The van der Waals surface area contributed by atoms with E-state index in [2.05, 4.69) is 81.4 Å². The minimum Gasteiger partial charge on any atom is -0.235 e. The normalized spacial score (nSPS) is 13.4. The molecule has 1 aliphatic rings. The summed E-state index contributed by atoms with van der Waals surface area (Å²) in [6.07, 6.45) is 3.93. The van der Waals surface area contributed by atoms with Crippen LogP contribution in [0.25, 0.3) is 43.4 Å². The van der Waals surface area contributed by atoms with Gasteiger partial charge in [-0.1, -0.05) is 69.3 Å². The molecule has 0 fully saturated rings. The Balaban J connectivity index is 1.64. The van der Waals surface area contributed by atoms with Gasteiger partial charge in [0.1, 0.15) is 6.33 Å². The Kier molecular flexibility index (Phi) is 4.06. The first-order valence-corrected chi connectivity index (χ1v) is 11.7. The average molecular weight is 421 g/mol. The zero-order valence-electron chi connectivity index (χ0n) is 18.1. The van der Waals surface area contributed by atoms with Gasteiger partial charge < -0.3 is 0 Å². The van der Waals surface area contributed by atoms with Gasteiger partial charge in [0.2, 0.25) is 0 Å². The van der Waals surface area contributed by atoms with Crippen LogP contribution in [0.2, 0.25) is 0 Å². The van der Waals surface area contributed by atoms with Crippen LogP contribution in [-0.4, -0.2) is 9.97 Å². The highest BCUT2D eigenvalue weighted by molar-refractivity contribution is 7.20. The number of thiophene rings is 1. The maximum atomic E-state index is 4.81. The summed E-state index contributed by atoms with van der Waals surface area (Å²) in [7, 11) is 0. The van der Waals surface area contributed by atoms with Gasteiger partial charge in [-0.15, -0.1) is 11.3 Å². The quantitative estimate of drug-likeness (QED) is 0.279. The summed E-state index contributed by atoms with van der Waals surface area (Å²) < 4.78 is 1.21. The fourth-order valence-electron chi connectivity index (χ4n) is 4.91. The van der Waals surface area contributed by atoms with E-state index < -0.39 is 0 Å². The van der Waals surface area contributed by atoms with E-state index in [4.69, 9.17) is 9.97 Å². The SMILES string of the molecule is CC(C)(C)c1cc(-c2ncnc3c4c(sc23)CCc2ccccc2-4)cc2ccccc12. The highest BCUT2D eigenvalue weighted by Gasteiger charge is 2.25. The predicted octanol–water partition coefficient (Wildman–Crippen LogP) is 7.57. The van der Waals surface area contributed by atoms with Crippen LogP contribution in [0.3, 0.4) is 0 Å². The smallest absolute Gasteiger partial charge is 0.116 e. The standard InChI is InChI=1S/C28H24N2S/c1-28(2,3)22-15-19(14-18-9-5-6-10-20(18)22)25-27-26(30-16-29-25)24-21-11-7-4-8-17(21)12-13-23(24)31-27/h4-11,14-16H,12-13H2,1-3H3. The Morgan fingerprint density at radius 1 is 0.871 bits per heavy atom. The molecule has 2 aromatic heterocycles. The van der Waals surface area contributed by atoms with Gasteiger partial charge in [0.15, 0.2) is 0 Å². The van der Waals surface area contributed by atoms with Crippen molar-refractivity contribution < 1.29 is 0 Å². The molecule has 0 bridgehead atoms. The highest BCUT2D eigenvalue weighted by Crippen LogP contribution is 2.46. The first-order chi connectivity index (χ1) is 15.0. The zero-order chi connectivity index (χ0) is 21.2. The molecule has 0 radical (unpaired) electrons. The lowest BCUT2D eigenvalue weighted by Crippen LogP contribution is -2.12. The van der Waals surface area contributed by atoms with Crippen molar-refractivity contribution in [3.8, 4) is 22.4 Å². The molecule has 31 heavy (non-hydrogen) atoms. The van der Waals surface area contributed by atoms with Crippen molar-refractivity contribution >= 4 is 32.3 Å². The van der Waals surface area contributed by atoms with E-state index in [0.29, 0.717) is 0 Å². The first-order valence-electron chi connectivity index (χ1n) is 10.9. The van der Waals surface area contributed by atoms with E-state index in [1.54, 1.807) is 6.33 Å². The molecule has 2 heterocycles. The van der Waals surface area contributed by atoms with Gasteiger partial charge in [-0.2, -0.15) is 0 Å². The molecule has 3 heteroatoms. The van der Waals surface area contributed by atoms with Gasteiger partial charge in [-0.05, 0) is 57.9 Å². The maximum Gasteiger partial charge on any atom is 0.116 e. The van der Waals surface area contributed by atoms with Crippen molar-refractivity contribution in [3.63, 3.8) is 0 Å². The van der Waals surface area contributed by atoms with E-state index >= 15 is 0 Å². The molecule has 0 atom stereocenters. The molecule has 0 amide bonds. The van der Waals surface area contributed by atoms with Crippen LogP contribution in [0.5, 0.6) is 0 Å². The van der Waals surface area contributed by atoms with Crippen molar-refractivity contribution in [2.75, 3.05) is 0 Å². The molecule has 5 aromatic rings. The summed E-state index contributed by atoms with van der Waals surface area (Å²) >= 11 is 1.88. The monoisotopic (exact) mass is 420 g/mol. The van der Waals surface area contributed by atoms with Crippen molar-refractivity contribution in [1.29, 1.82) is 0 Å². The maximum absolute atomic E-state index is 4.81. The third-order valence-electron chi connectivity index (χ3n) is 6.40. The summed E-state index contributed by atoms with van der Waals surface area (Å²) in [4.78, 5) is 11.0. The highest BCUT2D eigenvalue weighted by atomic mass is 32.1. The minimum absolute atomic E-state index is 0.0510. The molecule has 3 aromatic carbocycles. The van der Waals surface area contributed by atoms with Crippen LogP contribution >= 0.6 is 11.3 Å². The molecule has 0 saturated carbocycles. The van der Waals surface area contributed by atoms with Crippen molar-refractivity contribution in [2.45, 2.75) is 39.0 Å². The number of fused-ring (bicyclic) bond motifs is 6. The third kappa shape index (κ3) is 2.91. The lowest BCUT2D eigenvalue weighted by Gasteiger charge is -2.22. The van der Waals surface area contributed by atoms with E-state index in [1.807, 2.05) is 11.3 Å². The van der Waals surface area contributed by atoms with Gasteiger partial charge in [-0.3, -0.25) is 0 Å². The fourth-order valence-corrected chi connectivity index (χ4v) is 6.19. The Hall–Kier alpha value is -3.04. The zero-order valence-corrected chi connectivity index (χ0v) is 18.9. The van der Waals surface area contributed by atoms with Crippen LogP contribution < -0.4 is 0 Å². The number of benzene rings is 3. The van der Waals surface area contributed by atoms with Crippen LogP contribution in [0.15, 0.2) is 67.0 Å². The van der Waals surface area contributed by atoms with Gasteiger partial charge in [0, 0.05) is 16.0 Å². The molecule has 152 valence electrons. The summed E-state index contributed by atoms with van der Waals surface area (Å²) in [6, 6.07) is 22.1. The first kappa shape index (κ1) is 18.7.